The molecule has 9 aromatic rings. The van der Waals surface area contributed by atoms with Gasteiger partial charge >= 0.3 is 0 Å². The SMILES string of the molecule is c1ccc(-c2nc(-c3ccccc3)nc(-c3ccc4c5ccccc5n(-c5cccc6oc7ccccc7c56)c4c3)n2)cc1. The first-order valence-corrected chi connectivity index (χ1v) is 14.6. The van der Waals surface area contributed by atoms with E-state index in [0.717, 1.165) is 60.7 Å². The van der Waals surface area contributed by atoms with Gasteiger partial charge in [-0.2, -0.15) is 0 Å². The zero-order valence-electron chi connectivity index (χ0n) is 23.6. The predicted octanol–water partition coefficient (Wildman–Crippen LogP) is 9.87. The maximum absolute atomic E-state index is 6.28. The number of para-hydroxylation sites is 2. The molecule has 0 aliphatic carbocycles. The monoisotopic (exact) mass is 564 g/mol. The van der Waals surface area contributed by atoms with E-state index in [-0.39, 0.29) is 0 Å². The van der Waals surface area contributed by atoms with Gasteiger partial charge in [0.05, 0.1) is 22.1 Å². The smallest absolute Gasteiger partial charge is 0.164 e. The molecule has 0 fully saturated rings. The van der Waals surface area contributed by atoms with E-state index in [0.29, 0.717) is 17.5 Å². The van der Waals surface area contributed by atoms with Crippen molar-refractivity contribution in [3.8, 4) is 39.9 Å². The van der Waals surface area contributed by atoms with Crippen molar-refractivity contribution >= 4 is 43.7 Å². The molecule has 0 bridgehead atoms. The molecule has 0 atom stereocenters. The molecule has 9 rings (SSSR count). The van der Waals surface area contributed by atoms with Crippen molar-refractivity contribution in [1.29, 1.82) is 0 Å². The summed E-state index contributed by atoms with van der Waals surface area (Å²) in [5.74, 6) is 1.91. The van der Waals surface area contributed by atoms with E-state index in [2.05, 4.69) is 71.3 Å². The highest BCUT2D eigenvalue weighted by molar-refractivity contribution is 6.14. The number of hydrogen-bond acceptors (Lipinski definition) is 4. The van der Waals surface area contributed by atoms with Gasteiger partial charge in [0, 0.05) is 32.8 Å². The van der Waals surface area contributed by atoms with E-state index >= 15 is 0 Å². The van der Waals surface area contributed by atoms with Crippen molar-refractivity contribution in [1.82, 2.24) is 19.5 Å². The first-order chi connectivity index (χ1) is 21.8. The second kappa shape index (κ2) is 9.75. The van der Waals surface area contributed by atoms with Gasteiger partial charge < -0.3 is 8.98 Å². The largest absolute Gasteiger partial charge is 0.456 e. The van der Waals surface area contributed by atoms with Crippen LogP contribution >= 0.6 is 0 Å². The van der Waals surface area contributed by atoms with Gasteiger partial charge in [-0.15, -0.1) is 0 Å². The standard InChI is InChI=1S/C39H24N4O/c1-3-12-25(13-4-1)37-40-38(26-14-5-2-6-15-26)42-39(41-37)27-22-23-29-28-16-7-9-18-31(28)43(33(29)24-27)32-19-11-21-35-36(32)30-17-8-10-20-34(30)44-35/h1-24H. The number of benzene rings is 6. The molecule has 3 aromatic heterocycles. The second-order valence-corrected chi connectivity index (χ2v) is 10.9. The zero-order valence-corrected chi connectivity index (χ0v) is 23.6. The molecular weight excluding hydrogens is 540 g/mol. The van der Waals surface area contributed by atoms with Crippen LogP contribution in [0.5, 0.6) is 0 Å². The van der Waals surface area contributed by atoms with E-state index in [9.17, 15) is 0 Å². The third-order valence-corrected chi connectivity index (χ3v) is 8.25. The molecule has 6 aromatic carbocycles. The molecule has 3 heterocycles. The average molecular weight is 565 g/mol. The Balaban J connectivity index is 1.33. The predicted molar refractivity (Wildman–Crippen MR) is 178 cm³/mol. The molecular formula is C39H24N4O. The molecule has 206 valence electrons. The van der Waals surface area contributed by atoms with Crippen LogP contribution in [0.2, 0.25) is 0 Å². The molecule has 0 amide bonds. The van der Waals surface area contributed by atoms with Crippen LogP contribution in [-0.2, 0) is 0 Å². The number of furan rings is 1. The van der Waals surface area contributed by atoms with Gasteiger partial charge in [0.25, 0.3) is 0 Å². The number of fused-ring (bicyclic) bond motifs is 6. The molecule has 0 aliphatic heterocycles. The first kappa shape index (κ1) is 24.5. The van der Waals surface area contributed by atoms with Gasteiger partial charge in [-0.3, -0.25) is 0 Å². The normalized spacial score (nSPS) is 11.6. The fraction of sp³-hybridized carbons (Fsp3) is 0. The third kappa shape index (κ3) is 3.83. The summed E-state index contributed by atoms with van der Waals surface area (Å²) >= 11 is 0. The van der Waals surface area contributed by atoms with E-state index < -0.39 is 0 Å². The van der Waals surface area contributed by atoms with Crippen LogP contribution in [-0.4, -0.2) is 19.5 Å². The lowest BCUT2D eigenvalue weighted by Gasteiger charge is -2.11. The maximum Gasteiger partial charge on any atom is 0.164 e. The molecule has 0 aliphatic rings. The van der Waals surface area contributed by atoms with E-state index in [4.69, 9.17) is 19.4 Å². The Morgan fingerprint density at radius 2 is 0.977 bits per heavy atom. The summed E-state index contributed by atoms with van der Waals surface area (Å²) in [6.45, 7) is 0. The summed E-state index contributed by atoms with van der Waals surface area (Å²) in [6.07, 6.45) is 0. The summed E-state index contributed by atoms with van der Waals surface area (Å²) in [4.78, 5) is 14.9. The molecule has 0 spiro atoms. The van der Waals surface area contributed by atoms with Crippen LogP contribution < -0.4 is 0 Å². The van der Waals surface area contributed by atoms with Crippen LogP contribution in [0.1, 0.15) is 0 Å². The summed E-state index contributed by atoms with van der Waals surface area (Å²) in [6, 6.07) is 49.7. The van der Waals surface area contributed by atoms with Gasteiger partial charge in [0.15, 0.2) is 17.5 Å². The maximum atomic E-state index is 6.28. The average Bonchev–Trinajstić information content (AvgIpc) is 3.64. The minimum atomic E-state index is 0.628. The fourth-order valence-electron chi connectivity index (χ4n) is 6.25. The summed E-state index contributed by atoms with van der Waals surface area (Å²) in [7, 11) is 0. The van der Waals surface area contributed by atoms with Crippen LogP contribution in [0.25, 0.3) is 83.6 Å². The molecule has 0 saturated carbocycles. The van der Waals surface area contributed by atoms with Crippen molar-refractivity contribution in [3.63, 3.8) is 0 Å². The highest BCUT2D eigenvalue weighted by Gasteiger charge is 2.19. The summed E-state index contributed by atoms with van der Waals surface area (Å²) < 4.78 is 8.62. The molecule has 0 radical (unpaired) electrons. The lowest BCUT2D eigenvalue weighted by molar-refractivity contribution is 0.669. The van der Waals surface area contributed by atoms with Gasteiger partial charge in [0.2, 0.25) is 0 Å². The Hall–Kier alpha value is -6.07. The van der Waals surface area contributed by atoms with Crippen LogP contribution in [0.15, 0.2) is 150 Å². The molecule has 0 saturated heterocycles. The number of rotatable bonds is 4. The lowest BCUT2D eigenvalue weighted by atomic mass is 10.1. The second-order valence-electron chi connectivity index (χ2n) is 10.9. The molecule has 5 heteroatoms. The quantitative estimate of drug-likeness (QED) is 0.213. The Bertz CT molecular complexity index is 2440. The van der Waals surface area contributed by atoms with Gasteiger partial charge in [-0.1, -0.05) is 115 Å². The highest BCUT2D eigenvalue weighted by atomic mass is 16.3. The molecule has 44 heavy (non-hydrogen) atoms. The summed E-state index contributed by atoms with van der Waals surface area (Å²) in [5.41, 5.74) is 7.83. The molecule has 0 unspecified atom stereocenters. The fourth-order valence-corrected chi connectivity index (χ4v) is 6.25. The Labute approximate surface area is 252 Å². The van der Waals surface area contributed by atoms with Crippen LogP contribution in [0, 0.1) is 0 Å². The zero-order chi connectivity index (χ0) is 29.0. The lowest BCUT2D eigenvalue weighted by Crippen LogP contribution is -2.00. The third-order valence-electron chi connectivity index (χ3n) is 8.25. The highest BCUT2D eigenvalue weighted by Crippen LogP contribution is 2.39. The van der Waals surface area contributed by atoms with Crippen molar-refractivity contribution in [3.05, 3.63) is 146 Å². The topological polar surface area (TPSA) is 56.7 Å². The minimum absolute atomic E-state index is 0.628. The number of hydrogen-bond donors (Lipinski definition) is 0. The Kier molecular flexibility index (Phi) is 5.43. The van der Waals surface area contributed by atoms with Gasteiger partial charge in [-0.25, -0.2) is 15.0 Å². The van der Waals surface area contributed by atoms with Crippen LogP contribution in [0.3, 0.4) is 0 Å². The Morgan fingerprint density at radius 1 is 0.409 bits per heavy atom. The van der Waals surface area contributed by atoms with E-state index in [1.807, 2.05) is 78.9 Å². The van der Waals surface area contributed by atoms with E-state index in [1.165, 1.54) is 5.39 Å². The molecule has 5 nitrogen and oxygen atoms in total. The number of nitrogens with zero attached hydrogens (tertiary/aromatic N) is 4. The van der Waals surface area contributed by atoms with E-state index in [1.54, 1.807) is 0 Å². The van der Waals surface area contributed by atoms with Gasteiger partial charge in [-0.05, 0) is 30.3 Å². The van der Waals surface area contributed by atoms with Crippen molar-refractivity contribution in [2.75, 3.05) is 0 Å². The van der Waals surface area contributed by atoms with Crippen molar-refractivity contribution < 1.29 is 4.42 Å². The Morgan fingerprint density at radius 3 is 1.70 bits per heavy atom. The van der Waals surface area contributed by atoms with Gasteiger partial charge in [0.1, 0.15) is 11.2 Å². The minimum Gasteiger partial charge on any atom is -0.456 e. The summed E-state index contributed by atoms with van der Waals surface area (Å²) in [5, 5.41) is 4.53. The molecule has 0 N–H and O–H groups in total. The van der Waals surface area contributed by atoms with Crippen molar-refractivity contribution in [2.45, 2.75) is 0 Å². The van der Waals surface area contributed by atoms with Crippen molar-refractivity contribution in [2.24, 2.45) is 0 Å². The van der Waals surface area contributed by atoms with Crippen LogP contribution in [0.4, 0.5) is 0 Å². The first-order valence-electron chi connectivity index (χ1n) is 14.6. The number of aromatic nitrogens is 4.